The maximum absolute atomic E-state index is 18.1. The Morgan fingerprint density at radius 2 is 1.18 bits per heavy atom. The SMILES string of the molecule is COc1ccccc1C1=[N+]2C(=Cc3c4ccc(-c5ccccc5)cc4c(-c4ccccc4C)n3[B-]2(F)F)c2ccc(-c3ccccc3)cc21. The molecule has 49 heavy (non-hydrogen) atoms. The number of halogens is 2. The molecule has 3 nitrogen and oxygen atoms in total. The predicted octanol–water partition coefficient (Wildman–Crippen LogP) is 10.6. The van der Waals surface area contributed by atoms with Gasteiger partial charge in [-0.1, -0.05) is 115 Å². The first-order chi connectivity index (χ1) is 24.0. The molecule has 0 spiro atoms. The van der Waals surface area contributed by atoms with Crippen LogP contribution in [0.1, 0.15) is 27.9 Å². The van der Waals surface area contributed by atoms with Gasteiger partial charge in [-0.2, -0.15) is 0 Å². The van der Waals surface area contributed by atoms with Crippen molar-refractivity contribution in [3.05, 3.63) is 174 Å². The summed E-state index contributed by atoms with van der Waals surface area (Å²) in [6, 6.07) is 47.6. The Balaban J connectivity index is 1.39. The van der Waals surface area contributed by atoms with E-state index >= 15 is 8.63 Å². The lowest BCUT2D eigenvalue weighted by molar-refractivity contribution is -0.316. The van der Waals surface area contributed by atoms with Crippen molar-refractivity contribution in [1.29, 1.82) is 0 Å². The van der Waals surface area contributed by atoms with Gasteiger partial charge in [-0.25, -0.2) is 0 Å². The van der Waals surface area contributed by atoms with Crippen LogP contribution < -0.4 is 4.74 Å². The molecule has 0 radical (unpaired) electrons. The fraction of sp³-hybridized carbons (Fsp3) is 0.0465. The Hall–Kier alpha value is -6.01. The monoisotopic (exact) mass is 640 g/mol. The second-order valence-corrected chi connectivity index (χ2v) is 12.7. The molecular weight excluding hydrogens is 609 g/mol. The molecule has 7 aromatic rings. The maximum atomic E-state index is 18.1. The van der Waals surface area contributed by atoms with Gasteiger partial charge in [0, 0.05) is 28.2 Å². The zero-order valence-electron chi connectivity index (χ0n) is 27.1. The molecule has 0 unspecified atom stereocenters. The summed E-state index contributed by atoms with van der Waals surface area (Å²) in [7, 11) is 1.59. The van der Waals surface area contributed by atoms with Gasteiger partial charge in [-0.15, -0.1) is 0 Å². The second kappa shape index (κ2) is 11.0. The van der Waals surface area contributed by atoms with Gasteiger partial charge in [0.05, 0.1) is 23.8 Å². The van der Waals surface area contributed by atoms with Crippen LogP contribution in [0, 0.1) is 6.92 Å². The third-order valence-electron chi connectivity index (χ3n) is 9.97. The van der Waals surface area contributed by atoms with Crippen LogP contribution in [-0.4, -0.2) is 28.8 Å². The van der Waals surface area contributed by atoms with E-state index < -0.39 is 6.97 Å². The quantitative estimate of drug-likeness (QED) is 0.171. The molecule has 1 aromatic heterocycles. The smallest absolute Gasteiger partial charge is 0.496 e. The number of hydrogen-bond acceptors (Lipinski definition) is 1. The number of hydrogen-bond donors (Lipinski definition) is 0. The first-order valence-corrected chi connectivity index (χ1v) is 16.5. The molecule has 0 N–H and O–H groups in total. The standard InChI is InChI=1S/C43H31BF2N2O/c1-28-13-9-10-18-33(28)42-37-25-31(29-14-5-3-6-15-29)21-23-34(37)39-27-40-35-24-22-32(30-16-7-4-8-17-30)26-38(35)43(48(40)44(45,46)47(39)42)36-19-11-12-20-41(36)49-2/h3-27H,1-2H3. The minimum absolute atomic E-state index is 0.436. The summed E-state index contributed by atoms with van der Waals surface area (Å²) in [6.07, 6.45) is 1.95. The number of aryl methyl sites for hydroxylation is 1. The molecular formula is C43H31BF2N2O. The summed E-state index contributed by atoms with van der Waals surface area (Å²) in [5, 5.41) is 1.59. The summed E-state index contributed by atoms with van der Waals surface area (Å²) in [5.74, 6) is 0.538. The number of rotatable bonds is 5. The largest absolute Gasteiger partial charge is 0.737 e. The van der Waals surface area contributed by atoms with E-state index in [1.807, 2.05) is 140 Å². The van der Waals surface area contributed by atoms with Crippen molar-refractivity contribution in [2.75, 3.05) is 7.11 Å². The van der Waals surface area contributed by atoms with E-state index in [0.29, 0.717) is 34.1 Å². The highest BCUT2D eigenvalue weighted by Crippen LogP contribution is 2.48. The number of nitrogens with zero attached hydrogens (tertiary/aromatic N) is 2. The average molecular weight is 641 g/mol. The molecule has 0 saturated heterocycles. The molecule has 236 valence electrons. The van der Waals surface area contributed by atoms with Crippen molar-refractivity contribution in [3.8, 4) is 39.3 Å². The third kappa shape index (κ3) is 4.37. The molecule has 0 aliphatic carbocycles. The number of para-hydroxylation sites is 1. The molecule has 2 aliphatic heterocycles. The first-order valence-electron chi connectivity index (χ1n) is 16.5. The van der Waals surface area contributed by atoms with Crippen LogP contribution in [0.25, 0.3) is 56.1 Å². The van der Waals surface area contributed by atoms with Crippen molar-refractivity contribution >= 4 is 35.2 Å². The van der Waals surface area contributed by atoms with E-state index in [4.69, 9.17) is 4.74 Å². The lowest BCUT2D eigenvalue weighted by Gasteiger charge is -2.31. The summed E-state index contributed by atoms with van der Waals surface area (Å²) in [6.45, 7) is -2.44. The number of fused-ring (bicyclic) bond motifs is 6. The Labute approximate surface area is 283 Å². The van der Waals surface area contributed by atoms with Gasteiger partial charge < -0.3 is 22.3 Å². The van der Waals surface area contributed by atoms with Crippen molar-refractivity contribution in [2.24, 2.45) is 0 Å². The minimum atomic E-state index is -4.42. The molecule has 3 heterocycles. The maximum Gasteiger partial charge on any atom is 0.737 e. The summed E-state index contributed by atoms with van der Waals surface area (Å²) < 4.78 is 44.6. The van der Waals surface area contributed by atoms with Crippen LogP contribution in [0.3, 0.4) is 0 Å². The summed E-state index contributed by atoms with van der Waals surface area (Å²) in [5.41, 5.74) is 9.78. The van der Waals surface area contributed by atoms with Gasteiger partial charge in [0.25, 0.3) is 0 Å². The van der Waals surface area contributed by atoms with E-state index in [1.165, 1.54) is 8.96 Å². The number of methoxy groups -OCH3 is 1. The van der Waals surface area contributed by atoms with Gasteiger partial charge in [0.2, 0.25) is 0 Å². The number of aromatic nitrogens is 1. The Morgan fingerprint density at radius 3 is 1.88 bits per heavy atom. The van der Waals surface area contributed by atoms with Crippen LogP contribution in [0.2, 0.25) is 0 Å². The van der Waals surface area contributed by atoms with Crippen LogP contribution >= 0.6 is 0 Å². The van der Waals surface area contributed by atoms with Crippen molar-refractivity contribution in [1.82, 2.24) is 4.48 Å². The molecule has 0 saturated carbocycles. The van der Waals surface area contributed by atoms with Crippen LogP contribution in [0.5, 0.6) is 5.75 Å². The molecule has 2 aliphatic rings. The van der Waals surface area contributed by atoms with E-state index in [-0.39, 0.29) is 0 Å². The second-order valence-electron chi connectivity index (χ2n) is 12.7. The third-order valence-corrected chi connectivity index (χ3v) is 9.97. The minimum Gasteiger partial charge on any atom is -0.496 e. The van der Waals surface area contributed by atoms with Crippen LogP contribution in [0.4, 0.5) is 8.63 Å². The van der Waals surface area contributed by atoms with E-state index in [9.17, 15) is 0 Å². The summed E-state index contributed by atoms with van der Waals surface area (Å²) >= 11 is 0. The first kappa shape index (κ1) is 29.2. The lowest BCUT2D eigenvalue weighted by atomic mass is 9.88. The zero-order chi connectivity index (χ0) is 33.3. The fourth-order valence-corrected chi connectivity index (χ4v) is 7.72. The van der Waals surface area contributed by atoms with Gasteiger partial charge >= 0.3 is 6.97 Å². The Morgan fingerprint density at radius 1 is 0.571 bits per heavy atom. The molecule has 0 atom stereocenters. The predicted molar refractivity (Wildman–Crippen MR) is 197 cm³/mol. The topological polar surface area (TPSA) is 17.2 Å². The van der Waals surface area contributed by atoms with Gasteiger partial charge in [0.15, 0.2) is 11.4 Å². The van der Waals surface area contributed by atoms with Gasteiger partial charge in [-0.3, -0.25) is 0 Å². The molecule has 0 amide bonds. The van der Waals surface area contributed by atoms with Gasteiger partial charge in [-0.05, 0) is 70.6 Å². The number of benzene rings is 6. The van der Waals surface area contributed by atoms with Gasteiger partial charge in [0.1, 0.15) is 5.75 Å². The van der Waals surface area contributed by atoms with E-state index in [2.05, 4.69) is 18.2 Å². The highest BCUT2D eigenvalue weighted by Gasteiger charge is 2.56. The van der Waals surface area contributed by atoms with Crippen molar-refractivity contribution in [2.45, 2.75) is 6.92 Å². The Kier molecular flexibility index (Phi) is 6.56. The highest BCUT2D eigenvalue weighted by molar-refractivity contribution is 6.61. The summed E-state index contributed by atoms with van der Waals surface area (Å²) in [4.78, 5) is 0. The van der Waals surface area contributed by atoms with Crippen molar-refractivity contribution in [3.63, 3.8) is 0 Å². The molecule has 0 bridgehead atoms. The normalized spacial score (nSPS) is 14.3. The van der Waals surface area contributed by atoms with Crippen molar-refractivity contribution < 1.29 is 17.9 Å². The average Bonchev–Trinajstić information content (AvgIpc) is 3.66. The fourth-order valence-electron chi connectivity index (χ4n) is 7.72. The molecule has 0 fully saturated rings. The number of ether oxygens (including phenoxy) is 1. The van der Waals surface area contributed by atoms with E-state index in [1.54, 1.807) is 7.11 Å². The van der Waals surface area contributed by atoms with Crippen LogP contribution in [-0.2, 0) is 0 Å². The molecule has 9 rings (SSSR count). The van der Waals surface area contributed by atoms with Crippen LogP contribution in [0.15, 0.2) is 146 Å². The molecule has 6 aromatic carbocycles. The van der Waals surface area contributed by atoms with E-state index in [0.717, 1.165) is 55.3 Å². The zero-order valence-corrected chi connectivity index (χ0v) is 27.1. The Bertz CT molecular complexity index is 2520. The highest BCUT2D eigenvalue weighted by atomic mass is 19.2. The molecule has 6 heteroatoms. The lowest BCUT2D eigenvalue weighted by Crippen LogP contribution is -2.50.